The third-order valence-corrected chi connectivity index (χ3v) is 6.84. The average Bonchev–Trinajstić information content (AvgIpc) is 2.86. The minimum atomic E-state index is -3.97. The van der Waals surface area contributed by atoms with Gasteiger partial charge in [0.15, 0.2) is 0 Å². The number of nitrogens with one attached hydrogen (secondary N) is 1. The Hall–Kier alpha value is -3.56. The summed E-state index contributed by atoms with van der Waals surface area (Å²) in [5.74, 6) is 0.428. The number of carbonyl (C=O) groups is 1. The second-order valence-corrected chi connectivity index (χ2v) is 9.95. The molecule has 0 fully saturated rings. The van der Waals surface area contributed by atoms with E-state index in [0.717, 1.165) is 16.7 Å². The van der Waals surface area contributed by atoms with Gasteiger partial charge in [-0.1, -0.05) is 38.1 Å². The van der Waals surface area contributed by atoms with Gasteiger partial charge in [0.2, 0.25) is 10.0 Å². The molecule has 1 atom stereocenters. The third kappa shape index (κ3) is 6.74. The summed E-state index contributed by atoms with van der Waals surface area (Å²) in [6, 6.07) is 18.0. The number of hydrogen-bond acceptors (Lipinski definition) is 6. The number of methoxy groups -OCH3 is 2. The summed E-state index contributed by atoms with van der Waals surface area (Å²) >= 11 is 0. The molecule has 0 saturated heterocycles. The lowest BCUT2D eigenvalue weighted by Gasteiger charge is -2.18. The second-order valence-electron chi connectivity index (χ2n) is 8.24. The van der Waals surface area contributed by atoms with Crippen LogP contribution >= 0.6 is 0 Å². The summed E-state index contributed by atoms with van der Waals surface area (Å²) in [6.07, 6.45) is 0. The second kappa shape index (κ2) is 11.2. The summed E-state index contributed by atoms with van der Waals surface area (Å²) in [6.45, 7) is 3.62. The van der Waals surface area contributed by atoms with Gasteiger partial charge >= 0.3 is 5.97 Å². The van der Waals surface area contributed by atoms with Gasteiger partial charge in [-0.15, -0.1) is 0 Å². The van der Waals surface area contributed by atoms with Gasteiger partial charge in [-0.25, -0.2) is 8.42 Å². The average molecular weight is 500 g/mol. The van der Waals surface area contributed by atoms with Crippen LogP contribution in [0.25, 0.3) is 11.1 Å². The molecule has 0 aliphatic carbocycles. The Morgan fingerprint density at radius 3 is 1.83 bits per heavy atom. The Morgan fingerprint density at radius 2 is 1.37 bits per heavy atom. The van der Waals surface area contributed by atoms with Crippen LogP contribution in [0.2, 0.25) is 0 Å². The highest BCUT2D eigenvalue weighted by Gasteiger charge is 2.27. The fourth-order valence-electron chi connectivity index (χ4n) is 3.39. The van der Waals surface area contributed by atoms with Crippen molar-refractivity contribution >= 4 is 16.0 Å². The molecule has 0 aliphatic heterocycles. The maximum absolute atomic E-state index is 12.6. The minimum Gasteiger partial charge on any atom is -0.497 e. The number of hydrogen-bond donors (Lipinski definition) is 2. The fourth-order valence-corrected chi connectivity index (χ4v) is 4.73. The Labute approximate surface area is 205 Å². The molecule has 35 heavy (non-hydrogen) atoms. The molecule has 0 aromatic heterocycles. The lowest BCUT2D eigenvalue weighted by Crippen LogP contribution is -2.44. The standard InChI is InChI=1S/C26H29NO7S/c1-17(2)25(26(28)29)27-35(30,31)24-11-7-20(8-12-24)19-5-9-21(10-6-19)34-16-18-13-22(32-3)15-23(14-18)33-4/h5-15,17,25,27H,16H2,1-4H3,(H,28,29). The van der Waals surface area contributed by atoms with Crippen LogP contribution in [0.5, 0.6) is 17.2 Å². The van der Waals surface area contributed by atoms with E-state index in [1.54, 1.807) is 46.3 Å². The zero-order chi connectivity index (χ0) is 25.6. The zero-order valence-corrected chi connectivity index (χ0v) is 20.8. The van der Waals surface area contributed by atoms with Gasteiger partial charge in [-0.3, -0.25) is 4.79 Å². The Kier molecular flexibility index (Phi) is 8.37. The summed E-state index contributed by atoms with van der Waals surface area (Å²) < 4.78 is 43.9. The number of rotatable bonds is 11. The maximum Gasteiger partial charge on any atom is 0.322 e. The lowest BCUT2D eigenvalue weighted by molar-refractivity contribution is -0.140. The lowest BCUT2D eigenvalue weighted by atomic mass is 10.1. The molecule has 1 unspecified atom stereocenters. The SMILES string of the molecule is COc1cc(COc2ccc(-c3ccc(S(=O)(=O)NC(C(=O)O)C(C)C)cc3)cc2)cc(OC)c1. The first-order valence-electron chi connectivity index (χ1n) is 10.9. The van der Waals surface area contributed by atoms with E-state index < -0.39 is 28.0 Å². The highest BCUT2D eigenvalue weighted by molar-refractivity contribution is 7.89. The van der Waals surface area contributed by atoms with E-state index in [1.807, 2.05) is 36.4 Å². The van der Waals surface area contributed by atoms with Crippen molar-refractivity contribution in [2.45, 2.75) is 31.4 Å². The van der Waals surface area contributed by atoms with Crippen LogP contribution in [0.1, 0.15) is 19.4 Å². The molecule has 2 N–H and O–H groups in total. The normalized spacial score (nSPS) is 12.3. The molecular formula is C26H29NO7S. The van der Waals surface area contributed by atoms with Gasteiger partial charge < -0.3 is 19.3 Å². The highest BCUT2D eigenvalue weighted by Crippen LogP contribution is 2.26. The topological polar surface area (TPSA) is 111 Å². The van der Waals surface area contributed by atoms with Crippen molar-refractivity contribution < 1.29 is 32.5 Å². The van der Waals surface area contributed by atoms with Crippen LogP contribution in [0.3, 0.4) is 0 Å². The Balaban J connectivity index is 1.68. The van der Waals surface area contributed by atoms with Gasteiger partial charge in [0.1, 0.15) is 29.9 Å². The molecule has 0 bridgehead atoms. The van der Waals surface area contributed by atoms with Gasteiger partial charge in [0.25, 0.3) is 0 Å². The Morgan fingerprint density at radius 1 is 0.857 bits per heavy atom. The first-order valence-corrected chi connectivity index (χ1v) is 12.4. The summed E-state index contributed by atoms with van der Waals surface area (Å²) in [5, 5.41) is 9.27. The molecule has 9 heteroatoms. The van der Waals surface area contributed by atoms with Crippen LogP contribution in [0.15, 0.2) is 71.6 Å². The van der Waals surface area contributed by atoms with E-state index in [2.05, 4.69) is 4.72 Å². The molecule has 3 aromatic carbocycles. The largest absolute Gasteiger partial charge is 0.497 e. The number of benzene rings is 3. The summed E-state index contributed by atoms with van der Waals surface area (Å²) in [4.78, 5) is 11.4. The molecule has 0 spiro atoms. The highest BCUT2D eigenvalue weighted by atomic mass is 32.2. The van der Waals surface area contributed by atoms with E-state index in [9.17, 15) is 18.3 Å². The molecule has 0 saturated carbocycles. The van der Waals surface area contributed by atoms with Crippen molar-refractivity contribution in [1.82, 2.24) is 4.72 Å². The molecule has 8 nitrogen and oxygen atoms in total. The van der Waals surface area contributed by atoms with Crippen LogP contribution in [0, 0.1) is 5.92 Å². The number of carboxylic acids is 1. The summed E-state index contributed by atoms with van der Waals surface area (Å²) in [7, 11) is -0.783. The number of ether oxygens (including phenoxy) is 3. The van der Waals surface area contributed by atoms with Crippen molar-refractivity contribution in [3.63, 3.8) is 0 Å². The van der Waals surface area contributed by atoms with E-state index >= 15 is 0 Å². The number of carboxylic acid groups (broad SMARTS) is 1. The van der Waals surface area contributed by atoms with Crippen molar-refractivity contribution in [2.24, 2.45) is 5.92 Å². The predicted molar refractivity (Wildman–Crippen MR) is 132 cm³/mol. The van der Waals surface area contributed by atoms with E-state index in [4.69, 9.17) is 14.2 Å². The van der Waals surface area contributed by atoms with E-state index in [-0.39, 0.29) is 4.90 Å². The maximum atomic E-state index is 12.6. The fraction of sp³-hybridized carbons (Fsp3) is 0.269. The summed E-state index contributed by atoms with van der Waals surface area (Å²) in [5.41, 5.74) is 2.59. The molecule has 0 radical (unpaired) electrons. The molecule has 0 aliphatic rings. The Bertz CT molecular complexity index is 1230. The monoisotopic (exact) mass is 499 g/mol. The zero-order valence-electron chi connectivity index (χ0n) is 20.0. The first-order chi connectivity index (χ1) is 16.6. The van der Waals surface area contributed by atoms with Crippen LogP contribution in [-0.4, -0.2) is 39.8 Å². The molecular weight excluding hydrogens is 470 g/mol. The molecule has 0 amide bonds. The van der Waals surface area contributed by atoms with E-state index in [0.29, 0.717) is 23.9 Å². The van der Waals surface area contributed by atoms with Gasteiger partial charge in [-0.05, 0) is 59.0 Å². The van der Waals surface area contributed by atoms with Crippen molar-refractivity contribution in [1.29, 1.82) is 0 Å². The van der Waals surface area contributed by atoms with Gasteiger partial charge in [0, 0.05) is 6.07 Å². The molecule has 186 valence electrons. The smallest absolute Gasteiger partial charge is 0.322 e. The molecule has 0 heterocycles. The van der Waals surface area contributed by atoms with Crippen molar-refractivity contribution in [2.75, 3.05) is 14.2 Å². The van der Waals surface area contributed by atoms with Crippen LogP contribution < -0.4 is 18.9 Å². The molecule has 3 aromatic rings. The van der Waals surface area contributed by atoms with Crippen molar-refractivity contribution in [3.05, 3.63) is 72.3 Å². The number of aliphatic carboxylic acids is 1. The predicted octanol–water partition coefficient (Wildman–Crippen LogP) is 4.34. The quantitative estimate of drug-likeness (QED) is 0.404. The van der Waals surface area contributed by atoms with Crippen LogP contribution in [-0.2, 0) is 21.4 Å². The molecule has 3 rings (SSSR count). The van der Waals surface area contributed by atoms with Crippen molar-refractivity contribution in [3.8, 4) is 28.4 Å². The first kappa shape index (κ1) is 26.1. The minimum absolute atomic E-state index is 0.00169. The van der Waals surface area contributed by atoms with Crippen LogP contribution in [0.4, 0.5) is 0 Å². The van der Waals surface area contributed by atoms with Gasteiger partial charge in [-0.2, -0.15) is 4.72 Å². The van der Waals surface area contributed by atoms with E-state index in [1.165, 1.54) is 12.1 Å². The number of sulfonamides is 1. The van der Waals surface area contributed by atoms with Gasteiger partial charge in [0.05, 0.1) is 19.1 Å². The third-order valence-electron chi connectivity index (χ3n) is 5.38.